The number of amides is 1. The Morgan fingerprint density at radius 3 is 2.37 bits per heavy atom. The summed E-state index contributed by atoms with van der Waals surface area (Å²) < 4.78 is 0. The molecular weight excluding hydrogens is 352 g/mol. The molecule has 1 heterocycles. The van der Waals surface area contributed by atoms with Crippen molar-refractivity contribution in [1.82, 2.24) is 4.90 Å². The average molecular weight is 377 g/mol. The third-order valence-electron chi connectivity index (χ3n) is 5.31. The van der Waals surface area contributed by atoms with Gasteiger partial charge >= 0.3 is 0 Å². The molecule has 1 amide bonds. The first kappa shape index (κ1) is 18.1. The summed E-state index contributed by atoms with van der Waals surface area (Å²) in [5, 5.41) is 0.812. The van der Waals surface area contributed by atoms with Crippen LogP contribution >= 0.6 is 11.8 Å². The zero-order valence-electron chi connectivity index (χ0n) is 15.5. The fraction of sp³-hybridized carbons (Fsp3) is 0.304. The van der Waals surface area contributed by atoms with Crippen LogP contribution in [0.1, 0.15) is 38.2 Å². The SMILES string of the molecule is C[C@@H]1CCCC[C@@H]1N1C(=O)/C(=C/c2ccccc2)SC1=Nc1ccccc1. The summed E-state index contributed by atoms with van der Waals surface area (Å²) in [4.78, 5) is 20.9. The number of nitrogens with zero attached hydrogens (tertiary/aromatic N) is 2. The smallest absolute Gasteiger partial charge is 0.267 e. The average Bonchev–Trinajstić information content (AvgIpc) is 2.99. The molecule has 1 saturated heterocycles. The number of hydrogen-bond acceptors (Lipinski definition) is 3. The van der Waals surface area contributed by atoms with Gasteiger partial charge < -0.3 is 0 Å². The van der Waals surface area contributed by atoms with Crippen LogP contribution in [0.15, 0.2) is 70.6 Å². The molecule has 27 heavy (non-hydrogen) atoms. The number of rotatable bonds is 3. The lowest BCUT2D eigenvalue weighted by Crippen LogP contribution is -2.44. The van der Waals surface area contributed by atoms with Crippen LogP contribution in [0.3, 0.4) is 0 Å². The molecule has 138 valence electrons. The Morgan fingerprint density at radius 1 is 1.00 bits per heavy atom. The molecular formula is C23H24N2OS. The number of para-hydroxylation sites is 1. The quantitative estimate of drug-likeness (QED) is 0.628. The second-order valence-electron chi connectivity index (χ2n) is 7.26. The Morgan fingerprint density at radius 2 is 1.67 bits per heavy atom. The first-order chi connectivity index (χ1) is 13.2. The van der Waals surface area contributed by atoms with E-state index in [1.807, 2.05) is 71.6 Å². The van der Waals surface area contributed by atoms with Gasteiger partial charge in [0.05, 0.1) is 10.6 Å². The Kier molecular flexibility index (Phi) is 5.44. The number of benzene rings is 2. The number of carbonyl (C=O) groups excluding carboxylic acids is 1. The molecule has 0 aromatic heterocycles. The van der Waals surface area contributed by atoms with E-state index in [0.717, 1.165) is 27.7 Å². The van der Waals surface area contributed by atoms with E-state index < -0.39 is 0 Å². The monoisotopic (exact) mass is 376 g/mol. The Hall–Kier alpha value is -2.33. The Bertz CT molecular complexity index is 860. The fourth-order valence-corrected chi connectivity index (χ4v) is 4.90. The van der Waals surface area contributed by atoms with E-state index in [1.165, 1.54) is 31.0 Å². The summed E-state index contributed by atoms with van der Waals surface area (Å²) in [6.07, 6.45) is 6.65. The van der Waals surface area contributed by atoms with Crippen LogP contribution in [0.4, 0.5) is 5.69 Å². The largest absolute Gasteiger partial charge is 0.283 e. The predicted octanol–water partition coefficient (Wildman–Crippen LogP) is 5.87. The van der Waals surface area contributed by atoms with Crippen LogP contribution in [0.25, 0.3) is 6.08 Å². The summed E-state index contributed by atoms with van der Waals surface area (Å²) in [6, 6.07) is 20.2. The highest BCUT2D eigenvalue weighted by Gasteiger charge is 2.40. The maximum Gasteiger partial charge on any atom is 0.267 e. The van der Waals surface area contributed by atoms with Crippen molar-refractivity contribution in [3.8, 4) is 0 Å². The van der Waals surface area contributed by atoms with Gasteiger partial charge in [-0.3, -0.25) is 9.69 Å². The van der Waals surface area contributed by atoms with Crippen LogP contribution < -0.4 is 0 Å². The standard InChI is InChI=1S/C23H24N2OS/c1-17-10-8-9-15-20(17)25-22(26)21(16-18-11-4-2-5-12-18)27-23(25)24-19-13-6-3-7-14-19/h2-7,11-14,16-17,20H,8-10,15H2,1H3/b21-16-,24-23?/t17-,20+/m1/s1. The van der Waals surface area contributed by atoms with Gasteiger partial charge in [0.25, 0.3) is 5.91 Å². The summed E-state index contributed by atoms with van der Waals surface area (Å²) in [7, 11) is 0. The van der Waals surface area contributed by atoms with Gasteiger partial charge in [-0.25, -0.2) is 4.99 Å². The van der Waals surface area contributed by atoms with Gasteiger partial charge in [-0.2, -0.15) is 0 Å². The van der Waals surface area contributed by atoms with Crippen molar-refractivity contribution in [2.24, 2.45) is 10.9 Å². The molecule has 1 aliphatic carbocycles. The minimum absolute atomic E-state index is 0.0947. The van der Waals surface area contributed by atoms with Crippen molar-refractivity contribution >= 4 is 34.6 Å². The lowest BCUT2D eigenvalue weighted by molar-refractivity contribution is -0.124. The maximum atomic E-state index is 13.3. The minimum atomic E-state index is 0.0947. The van der Waals surface area contributed by atoms with Crippen molar-refractivity contribution in [2.45, 2.75) is 38.6 Å². The Labute approximate surface area is 165 Å². The molecule has 2 fully saturated rings. The molecule has 3 nitrogen and oxygen atoms in total. The second kappa shape index (κ2) is 8.13. The van der Waals surface area contributed by atoms with Crippen molar-refractivity contribution in [2.75, 3.05) is 0 Å². The van der Waals surface area contributed by atoms with Crippen LogP contribution in [0, 0.1) is 5.92 Å². The van der Waals surface area contributed by atoms with Crippen molar-refractivity contribution in [3.05, 3.63) is 71.1 Å². The van der Waals surface area contributed by atoms with E-state index in [-0.39, 0.29) is 11.9 Å². The topological polar surface area (TPSA) is 32.7 Å². The zero-order chi connectivity index (χ0) is 18.6. The number of amidine groups is 1. The number of hydrogen-bond donors (Lipinski definition) is 0. The maximum absolute atomic E-state index is 13.3. The molecule has 0 bridgehead atoms. The highest BCUT2D eigenvalue weighted by molar-refractivity contribution is 8.18. The molecule has 1 saturated carbocycles. The molecule has 0 N–H and O–H groups in total. The van der Waals surface area contributed by atoms with E-state index in [4.69, 9.17) is 4.99 Å². The van der Waals surface area contributed by atoms with Gasteiger partial charge in [-0.1, -0.05) is 68.3 Å². The van der Waals surface area contributed by atoms with E-state index >= 15 is 0 Å². The van der Waals surface area contributed by atoms with Crippen molar-refractivity contribution < 1.29 is 4.79 Å². The van der Waals surface area contributed by atoms with E-state index in [0.29, 0.717) is 5.92 Å². The van der Waals surface area contributed by atoms with Crippen molar-refractivity contribution in [3.63, 3.8) is 0 Å². The van der Waals surface area contributed by atoms with Crippen molar-refractivity contribution in [1.29, 1.82) is 0 Å². The van der Waals surface area contributed by atoms with Gasteiger partial charge in [-0.15, -0.1) is 0 Å². The number of carbonyl (C=O) groups is 1. The number of thioether (sulfide) groups is 1. The lowest BCUT2D eigenvalue weighted by atomic mass is 9.85. The summed E-state index contributed by atoms with van der Waals surface area (Å²) >= 11 is 1.50. The van der Waals surface area contributed by atoms with Gasteiger partial charge in [0.15, 0.2) is 5.17 Å². The molecule has 2 aromatic carbocycles. The fourth-order valence-electron chi connectivity index (χ4n) is 3.85. The predicted molar refractivity (Wildman–Crippen MR) is 114 cm³/mol. The van der Waals surface area contributed by atoms with E-state index in [1.54, 1.807) is 0 Å². The molecule has 1 aliphatic heterocycles. The Balaban J connectivity index is 1.71. The second-order valence-corrected chi connectivity index (χ2v) is 8.26. The molecule has 0 unspecified atom stereocenters. The van der Waals surface area contributed by atoms with Crippen LogP contribution in [0.2, 0.25) is 0 Å². The first-order valence-electron chi connectivity index (χ1n) is 9.64. The van der Waals surface area contributed by atoms with E-state index in [2.05, 4.69) is 6.92 Å². The molecule has 2 atom stereocenters. The summed E-state index contributed by atoms with van der Waals surface area (Å²) in [6.45, 7) is 2.26. The highest BCUT2D eigenvalue weighted by atomic mass is 32.2. The third kappa shape index (κ3) is 4.01. The molecule has 2 aliphatic rings. The normalized spacial score (nSPS) is 26.1. The van der Waals surface area contributed by atoms with E-state index in [9.17, 15) is 4.79 Å². The van der Waals surface area contributed by atoms with Gasteiger partial charge in [0.2, 0.25) is 0 Å². The summed E-state index contributed by atoms with van der Waals surface area (Å²) in [5.74, 6) is 0.595. The summed E-state index contributed by atoms with van der Waals surface area (Å²) in [5.41, 5.74) is 1.94. The molecule has 4 rings (SSSR count). The van der Waals surface area contributed by atoms with Gasteiger partial charge in [-0.05, 0) is 54.3 Å². The van der Waals surface area contributed by atoms with Gasteiger partial charge in [0, 0.05) is 6.04 Å². The lowest BCUT2D eigenvalue weighted by Gasteiger charge is -2.35. The van der Waals surface area contributed by atoms with Crippen LogP contribution in [-0.2, 0) is 4.79 Å². The zero-order valence-corrected chi connectivity index (χ0v) is 16.4. The van der Waals surface area contributed by atoms with Gasteiger partial charge in [0.1, 0.15) is 0 Å². The third-order valence-corrected chi connectivity index (χ3v) is 6.30. The minimum Gasteiger partial charge on any atom is -0.283 e. The van der Waals surface area contributed by atoms with Crippen LogP contribution in [-0.4, -0.2) is 22.0 Å². The highest BCUT2D eigenvalue weighted by Crippen LogP contribution is 2.40. The number of aliphatic imine (C=N–C) groups is 1. The first-order valence-corrected chi connectivity index (χ1v) is 10.5. The molecule has 0 spiro atoms. The van der Waals surface area contributed by atoms with Crippen LogP contribution in [0.5, 0.6) is 0 Å². The molecule has 0 radical (unpaired) electrons. The molecule has 4 heteroatoms. The molecule has 2 aromatic rings.